The topological polar surface area (TPSA) is 49.4 Å². The molecule has 0 heterocycles. The minimum absolute atomic E-state index is 0.0680. The van der Waals surface area contributed by atoms with Gasteiger partial charge in [-0.25, -0.2) is 0 Å². The van der Waals surface area contributed by atoms with Crippen LogP contribution in [0.15, 0.2) is 29.2 Å². The number of rotatable bonds is 7. The number of hydrogen-bond acceptors (Lipinski definition) is 3. The first-order valence-electron chi connectivity index (χ1n) is 10.9. The van der Waals surface area contributed by atoms with Crippen molar-refractivity contribution in [3.8, 4) is 0 Å². The van der Waals surface area contributed by atoms with E-state index in [0.29, 0.717) is 17.7 Å². The van der Waals surface area contributed by atoms with Gasteiger partial charge in [0.25, 0.3) is 5.91 Å². The maximum atomic E-state index is 13.1. The zero-order valence-corrected chi connectivity index (χ0v) is 17.9. The van der Waals surface area contributed by atoms with Crippen molar-refractivity contribution in [1.29, 1.82) is 0 Å². The summed E-state index contributed by atoms with van der Waals surface area (Å²) in [4.78, 5) is 28.2. The van der Waals surface area contributed by atoms with Crippen LogP contribution in [0.5, 0.6) is 0 Å². The summed E-state index contributed by atoms with van der Waals surface area (Å²) in [5.74, 6) is 1.15. The van der Waals surface area contributed by atoms with E-state index in [0.717, 1.165) is 29.8 Å². The summed E-state index contributed by atoms with van der Waals surface area (Å²) in [6.07, 6.45) is 12.3. The molecule has 0 bridgehead atoms. The quantitative estimate of drug-likeness (QED) is 0.661. The Morgan fingerprint density at radius 3 is 2.36 bits per heavy atom. The lowest BCUT2D eigenvalue weighted by molar-refractivity contribution is -0.118. The van der Waals surface area contributed by atoms with Crippen LogP contribution in [0.3, 0.4) is 0 Å². The molecular weight excluding hydrogens is 368 g/mol. The maximum Gasteiger partial charge on any atom is 0.254 e. The molecule has 1 N–H and O–H groups in total. The maximum absolute atomic E-state index is 13.1. The van der Waals surface area contributed by atoms with Gasteiger partial charge in [-0.15, -0.1) is 11.8 Å². The number of carbonyl (C=O) groups excluding carboxylic acids is 2. The second-order valence-corrected chi connectivity index (χ2v) is 9.32. The molecule has 0 atom stereocenters. The number of benzene rings is 1. The SMILES string of the molecule is CN(C(=O)c1ccccc1SCC(=O)NCC1CCCCC1)C1CCCCC1. The van der Waals surface area contributed by atoms with Crippen LogP contribution in [0.2, 0.25) is 0 Å². The van der Waals surface area contributed by atoms with E-state index in [9.17, 15) is 9.59 Å². The summed E-state index contributed by atoms with van der Waals surface area (Å²) in [5, 5.41) is 3.09. The van der Waals surface area contributed by atoms with Gasteiger partial charge in [0.2, 0.25) is 5.91 Å². The van der Waals surface area contributed by atoms with Gasteiger partial charge in [-0.3, -0.25) is 9.59 Å². The summed E-state index contributed by atoms with van der Waals surface area (Å²) < 4.78 is 0. The summed E-state index contributed by atoms with van der Waals surface area (Å²) in [6, 6.07) is 8.05. The highest BCUT2D eigenvalue weighted by molar-refractivity contribution is 8.00. The molecule has 0 unspecified atom stereocenters. The summed E-state index contributed by atoms with van der Waals surface area (Å²) >= 11 is 1.47. The van der Waals surface area contributed by atoms with Crippen molar-refractivity contribution in [1.82, 2.24) is 10.2 Å². The minimum atomic E-state index is 0.0680. The summed E-state index contributed by atoms with van der Waals surface area (Å²) in [6.45, 7) is 0.796. The van der Waals surface area contributed by atoms with Crippen LogP contribution >= 0.6 is 11.8 Å². The number of thioether (sulfide) groups is 1. The lowest BCUT2D eigenvalue weighted by atomic mass is 9.89. The van der Waals surface area contributed by atoms with Gasteiger partial charge < -0.3 is 10.2 Å². The molecule has 0 aliphatic heterocycles. The molecule has 1 aromatic carbocycles. The second kappa shape index (κ2) is 10.9. The zero-order valence-electron chi connectivity index (χ0n) is 17.1. The van der Waals surface area contributed by atoms with Crippen molar-refractivity contribution in [3.63, 3.8) is 0 Å². The second-order valence-electron chi connectivity index (χ2n) is 8.30. The third-order valence-corrected chi connectivity index (χ3v) is 7.31. The molecule has 0 saturated heterocycles. The predicted molar refractivity (Wildman–Crippen MR) is 116 cm³/mol. The fraction of sp³-hybridized carbons (Fsp3) is 0.652. The van der Waals surface area contributed by atoms with Crippen LogP contribution in [-0.2, 0) is 4.79 Å². The number of amides is 2. The van der Waals surface area contributed by atoms with Crippen LogP contribution in [0.25, 0.3) is 0 Å². The first-order chi connectivity index (χ1) is 13.6. The number of hydrogen-bond donors (Lipinski definition) is 1. The zero-order chi connectivity index (χ0) is 19.8. The molecule has 28 heavy (non-hydrogen) atoms. The van der Waals surface area contributed by atoms with Crippen molar-refractivity contribution in [2.75, 3.05) is 19.3 Å². The van der Waals surface area contributed by atoms with Gasteiger partial charge in [0.05, 0.1) is 11.3 Å². The molecule has 154 valence electrons. The molecule has 3 rings (SSSR count). The highest BCUT2D eigenvalue weighted by atomic mass is 32.2. The lowest BCUT2D eigenvalue weighted by Crippen LogP contribution is -2.38. The van der Waals surface area contributed by atoms with Crippen LogP contribution < -0.4 is 5.32 Å². The minimum Gasteiger partial charge on any atom is -0.355 e. The van der Waals surface area contributed by atoms with E-state index in [2.05, 4.69) is 5.32 Å². The fourth-order valence-electron chi connectivity index (χ4n) is 4.44. The molecule has 2 saturated carbocycles. The summed E-state index contributed by atoms with van der Waals surface area (Å²) in [7, 11) is 1.93. The molecule has 0 aromatic heterocycles. The van der Waals surface area contributed by atoms with E-state index in [1.807, 2.05) is 36.2 Å². The molecule has 1 aromatic rings. The van der Waals surface area contributed by atoms with Gasteiger partial charge in [0, 0.05) is 24.5 Å². The average Bonchev–Trinajstić information content (AvgIpc) is 2.76. The Kier molecular flexibility index (Phi) is 8.26. The van der Waals surface area contributed by atoms with Crippen LogP contribution in [-0.4, -0.2) is 42.1 Å². The lowest BCUT2D eigenvalue weighted by Gasteiger charge is -2.31. The Labute approximate surface area is 173 Å². The van der Waals surface area contributed by atoms with Crippen molar-refractivity contribution in [2.24, 2.45) is 5.92 Å². The van der Waals surface area contributed by atoms with Gasteiger partial charge in [-0.05, 0) is 43.7 Å². The highest BCUT2D eigenvalue weighted by Gasteiger charge is 2.24. The monoisotopic (exact) mass is 402 g/mol. The van der Waals surface area contributed by atoms with E-state index < -0.39 is 0 Å². The molecule has 2 fully saturated rings. The standard InChI is InChI=1S/C23H34N2O2S/c1-25(19-12-6-3-7-13-19)23(27)20-14-8-9-15-21(20)28-17-22(26)24-16-18-10-4-2-5-11-18/h8-9,14-15,18-19H,2-7,10-13,16-17H2,1H3,(H,24,26). The van der Waals surface area contributed by atoms with Crippen LogP contribution in [0.4, 0.5) is 0 Å². The number of nitrogens with one attached hydrogen (secondary N) is 1. The first-order valence-corrected chi connectivity index (χ1v) is 11.9. The van der Waals surface area contributed by atoms with Crippen molar-refractivity contribution < 1.29 is 9.59 Å². The van der Waals surface area contributed by atoms with Crippen LogP contribution in [0, 0.1) is 5.92 Å². The number of carbonyl (C=O) groups is 2. The predicted octanol–water partition coefficient (Wildman–Crippen LogP) is 4.88. The van der Waals surface area contributed by atoms with E-state index in [4.69, 9.17) is 0 Å². The summed E-state index contributed by atoms with van der Waals surface area (Å²) in [5.41, 5.74) is 0.723. The van der Waals surface area contributed by atoms with E-state index in [-0.39, 0.29) is 11.8 Å². The number of nitrogens with zero attached hydrogens (tertiary/aromatic N) is 1. The third kappa shape index (κ3) is 6.00. The Morgan fingerprint density at radius 2 is 1.64 bits per heavy atom. The normalized spacial score (nSPS) is 18.6. The first kappa shape index (κ1) is 21.2. The van der Waals surface area contributed by atoms with E-state index in [1.54, 1.807) is 0 Å². The average molecular weight is 403 g/mol. The van der Waals surface area contributed by atoms with Gasteiger partial charge >= 0.3 is 0 Å². The van der Waals surface area contributed by atoms with E-state index in [1.165, 1.54) is 63.1 Å². The Morgan fingerprint density at radius 1 is 1.00 bits per heavy atom. The smallest absolute Gasteiger partial charge is 0.254 e. The molecule has 2 aliphatic rings. The van der Waals surface area contributed by atoms with Crippen LogP contribution in [0.1, 0.15) is 74.6 Å². The molecule has 2 amide bonds. The van der Waals surface area contributed by atoms with Crippen molar-refractivity contribution in [2.45, 2.75) is 75.1 Å². The molecule has 5 heteroatoms. The Hall–Kier alpha value is -1.49. The molecule has 0 spiro atoms. The third-order valence-electron chi connectivity index (χ3n) is 6.23. The largest absolute Gasteiger partial charge is 0.355 e. The van der Waals surface area contributed by atoms with Gasteiger partial charge in [-0.2, -0.15) is 0 Å². The van der Waals surface area contributed by atoms with Gasteiger partial charge in [0.15, 0.2) is 0 Å². The molecule has 2 aliphatic carbocycles. The highest BCUT2D eigenvalue weighted by Crippen LogP contribution is 2.27. The molecular formula is C23H34N2O2S. The van der Waals surface area contributed by atoms with Gasteiger partial charge in [-0.1, -0.05) is 50.7 Å². The van der Waals surface area contributed by atoms with E-state index >= 15 is 0 Å². The Balaban J connectivity index is 1.52. The molecule has 4 nitrogen and oxygen atoms in total. The molecule has 0 radical (unpaired) electrons. The Bertz CT molecular complexity index is 652. The van der Waals surface area contributed by atoms with Gasteiger partial charge in [0.1, 0.15) is 0 Å². The fourth-order valence-corrected chi connectivity index (χ4v) is 5.31. The van der Waals surface area contributed by atoms with Crippen molar-refractivity contribution in [3.05, 3.63) is 29.8 Å². The van der Waals surface area contributed by atoms with Crippen molar-refractivity contribution >= 4 is 23.6 Å².